The Morgan fingerprint density at radius 2 is 2.12 bits per heavy atom. The number of fused-ring (bicyclic) bond motifs is 1. The molecular weight excluding hydrogens is 574 g/mol. The summed E-state index contributed by atoms with van der Waals surface area (Å²) in [6.07, 6.45) is 5.77. The average Bonchev–Trinajstić information content (AvgIpc) is 3.64. The van der Waals surface area contributed by atoms with E-state index in [0.717, 1.165) is 16.3 Å². The molecule has 2 aliphatic heterocycles. The Morgan fingerprint density at radius 3 is 2.79 bits per heavy atom. The minimum atomic E-state index is -1.00. The second-order valence-electron chi connectivity index (χ2n) is 11.0. The van der Waals surface area contributed by atoms with Gasteiger partial charge in [-0.25, -0.2) is 23.1 Å². The van der Waals surface area contributed by atoms with Crippen LogP contribution in [0.2, 0.25) is 0 Å². The standard InChI is InChI=1S/C31H32F2N6O3S/c1-20-12-26(37-42-20)18-41-30(40)31-14-21(15-34)28(36-25-4-2-23(32)3-5-25)13-22(31)8-11-39(19-31)43-27-6-7-29(35-16-27)38-10-9-24(33)17-38/h2-7,12-13,15-16,24H,8-11,14,17-19,34H2,1H3/t24-,31+/m1/s1. The number of aliphatic imine (C=N–C) groups is 1. The fourth-order valence-electron chi connectivity index (χ4n) is 5.72. The van der Waals surface area contributed by atoms with Gasteiger partial charge in [0.25, 0.3) is 0 Å². The molecule has 3 aromatic rings. The van der Waals surface area contributed by atoms with Crippen molar-refractivity contribution in [2.45, 2.75) is 43.9 Å². The number of ether oxygens (including phenoxy) is 1. The van der Waals surface area contributed by atoms with Crippen LogP contribution in [0.4, 0.5) is 20.3 Å². The molecular formula is C31H32F2N6O3S. The van der Waals surface area contributed by atoms with Gasteiger partial charge in [-0.05, 0) is 98.0 Å². The van der Waals surface area contributed by atoms with Crippen molar-refractivity contribution in [1.29, 1.82) is 0 Å². The van der Waals surface area contributed by atoms with Crippen LogP contribution in [0.5, 0.6) is 0 Å². The van der Waals surface area contributed by atoms with E-state index in [1.165, 1.54) is 30.3 Å². The van der Waals surface area contributed by atoms with Gasteiger partial charge in [-0.3, -0.25) is 4.79 Å². The van der Waals surface area contributed by atoms with Crippen molar-refractivity contribution in [3.63, 3.8) is 0 Å². The first-order valence-electron chi connectivity index (χ1n) is 14.2. The van der Waals surface area contributed by atoms with Crippen molar-refractivity contribution in [1.82, 2.24) is 14.4 Å². The lowest BCUT2D eigenvalue weighted by molar-refractivity contribution is -0.156. The Kier molecular flexibility index (Phi) is 8.31. The number of benzene rings is 1. The van der Waals surface area contributed by atoms with Crippen molar-refractivity contribution in [2.24, 2.45) is 16.1 Å². The van der Waals surface area contributed by atoms with E-state index in [4.69, 9.17) is 20.0 Å². The maximum absolute atomic E-state index is 14.0. The molecule has 43 heavy (non-hydrogen) atoms. The first-order valence-corrected chi connectivity index (χ1v) is 14.9. The third-order valence-electron chi connectivity index (χ3n) is 7.93. The van der Waals surface area contributed by atoms with Gasteiger partial charge < -0.3 is 19.9 Å². The van der Waals surface area contributed by atoms with Gasteiger partial charge in [-0.2, -0.15) is 0 Å². The maximum atomic E-state index is 14.0. The van der Waals surface area contributed by atoms with Crippen LogP contribution in [0.25, 0.3) is 0 Å². The SMILES string of the molecule is Cc1cc(COC(=O)[C@]23CC(=CN)C(=Nc4ccc(F)cc4)C=C2CCN(Sc2ccc(N4CC[C@@H](F)C4)nc2)C3)no1. The quantitative estimate of drug-likeness (QED) is 0.277. The van der Waals surface area contributed by atoms with E-state index in [1.54, 1.807) is 31.3 Å². The largest absolute Gasteiger partial charge is 0.458 e. The third kappa shape index (κ3) is 6.35. The molecule has 6 rings (SSSR count). The van der Waals surface area contributed by atoms with Crippen LogP contribution in [-0.2, 0) is 16.1 Å². The second kappa shape index (κ2) is 12.3. The number of alkyl halides is 1. The highest BCUT2D eigenvalue weighted by molar-refractivity contribution is 7.97. The lowest BCUT2D eigenvalue weighted by Gasteiger charge is -2.44. The molecule has 0 saturated carbocycles. The molecule has 0 amide bonds. The normalized spacial score (nSPS) is 24.3. The molecule has 1 aliphatic carbocycles. The summed E-state index contributed by atoms with van der Waals surface area (Å²) in [6, 6.07) is 11.5. The topological polar surface area (TPSA) is 110 Å². The number of halogens is 2. The van der Waals surface area contributed by atoms with Crippen LogP contribution in [0, 0.1) is 18.2 Å². The first kappa shape index (κ1) is 29.1. The Hall–Kier alpha value is -4.03. The van der Waals surface area contributed by atoms with Crippen molar-refractivity contribution in [3.05, 3.63) is 89.4 Å². The molecule has 12 heteroatoms. The summed E-state index contributed by atoms with van der Waals surface area (Å²) in [7, 11) is 0. The average molecular weight is 607 g/mol. The number of pyridine rings is 1. The molecule has 0 spiro atoms. The molecule has 2 saturated heterocycles. The summed E-state index contributed by atoms with van der Waals surface area (Å²) in [5.41, 5.74) is 8.44. The van der Waals surface area contributed by atoms with Crippen molar-refractivity contribution in [2.75, 3.05) is 31.1 Å². The number of carbonyl (C=O) groups excluding carboxylic acids is 1. The van der Waals surface area contributed by atoms with E-state index in [1.807, 2.05) is 23.1 Å². The van der Waals surface area contributed by atoms with Gasteiger partial charge in [0, 0.05) is 36.8 Å². The predicted octanol–water partition coefficient (Wildman–Crippen LogP) is 5.45. The number of hydrogen-bond donors (Lipinski definition) is 1. The minimum absolute atomic E-state index is 0.0157. The molecule has 1 aromatic carbocycles. The molecule has 224 valence electrons. The molecule has 9 nitrogen and oxygen atoms in total. The highest BCUT2D eigenvalue weighted by Gasteiger charge is 2.50. The van der Waals surface area contributed by atoms with Gasteiger partial charge in [0.15, 0.2) is 0 Å². The zero-order valence-corrected chi connectivity index (χ0v) is 24.5. The number of esters is 1. The number of aromatic nitrogens is 2. The van der Waals surface area contributed by atoms with Gasteiger partial charge in [0.2, 0.25) is 0 Å². The molecule has 4 heterocycles. The summed E-state index contributed by atoms with van der Waals surface area (Å²) in [4.78, 5) is 26.1. The van der Waals surface area contributed by atoms with Crippen LogP contribution in [0.3, 0.4) is 0 Å². The van der Waals surface area contributed by atoms with Crippen LogP contribution < -0.4 is 10.6 Å². The molecule has 0 unspecified atom stereocenters. The fourth-order valence-corrected chi connectivity index (χ4v) is 6.71. The number of anilines is 1. The fraction of sp³-hybridized carbons (Fsp3) is 0.355. The lowest BCUT2D eigenvalue weighted by Crippen LogP contribution is -2.50. The number of nitrogens with two attached hydrogens (primary N) is 1. The molecule has 3 aliphatic rings. The Labute approximate surface area is 252 Å². The molecule has 0 bridgehead atoms. The number of nitrogens with zero attached hydrogens (tertiary/aromatic N) is 5. The number of carbonyl (C=O) groups is 1. The Balaban J connectivity index is 1.26. The second-order valence-corrected chi connectivity index (χ2v) is 12.2. The van der Waals surface area contributed by atoms with E-state index in [2.05, 4.69) is 14.4 Å². The van der Waals surface area contributed by atoms with E-state index in [9.17, 15) is 13.6 Å². The van der Waals surface area contributed by atoms with Crippen molar-refractivity contribution >= 4 is 35.1 Å². The summed E-state index contributed by atoms with van der Waals surface area (Å²) in [6.45, 7) is 3.83. The monoisotopic (exact) mass is 606 g/mol. The molecule has 2 aromatic heterocycles. The smallest absolute Gasteiger partial charge is 0.318 e. The number of allylic oxidation sites excluding steroid dienone is 2. The highest BCUT2D eigenvalue weighted by atomic mass is 32.2. The van der Waals surface area contributed by atoms with Gasteiger partial charge in [0.05, 0.1) is 17.9 Å². The number of aryl methyl sites for hydroxylation is 1. The maximum Gasteiger partial charge on any atom is 0.318 e. The van der Waals surface area contributed by atoms with E-state index >= 15 is 0 Å². The third-order valence-corrected chi connectivity index (χ3v) is 8.95. The van der Waals surface area contributed by atoms with E-state index in [-0.39, 0.29) is 18.4 Å². The summed E-state index contributed by atoms with van der Waals surface area (Å²) in [5, 5.41) is 3.95. The first-order chi connectivity index (χ1) is 20.8. The molecule has 0 radical (unpaired) electrons. The highest BCUT2D eigenvalue weighted by Crippen LogP contribution is 2.47. The summed E-state index contributed by atoms with van der Waals surface area (Å²) < 4.78 is 40.3. The predicted molar refractivity (Wildman–Crippen MR) is 160 cm³/mol. The Bertz CT molecular complexity index is 1570. The molecule has 2 fully saturated rings. The van der Waals surface area contributed by atoms with Crippen molar-refractivity contribution < 1.29 is 22.8 Å². The zero-order chi connectivity index (χ0) is 30.0. The minimum Gasteiger partial charge on any atom is -0.458 e. The van der Waals surface area contributed by atoms with Gasteiger partial charge in [0.1, 0.15) is 41.3 Å². The van der Waals surface area contributed by atoms with Gasteiger partial charge in [-0.1, -0.05) is 5.16 Å². The lowest BCUT2D eigenvalue weighted by atomic mass is 9.67. The van der Waals surface area contributed by atoms with Crippen LogP contribution in [0.15, 0.2) is 86.5 Å². The van der Waals surface area contributed by atoms with E-state index in [0.29, 0.717) is 73.9 Å². The van der Waals surface area contributed by atoms with Gasteiger partial charge >= 0.3 is 5.97 Å². The molecule has 2 atom stereocenters. The number of piperidine rings is 1. The number of rotatable bonds is 7. The van der Waals surface area contributed by atoms with E-state index < -0.39 is 11.6 Å². The van der Waals surface area contributed by atoms with Crippen LogP contribution in [0.1, 0.15) is 30.7 Å². The summed E-state index contributed by atoms with van der Waals surface area (Å²) in [5.74, 6) is 0.665. The molecule has 2 N–H and O–H groups in total. The van der Waals surface area contributed by atoms with Crippen molar-refractivity contribution in [3.8, 4) is 0 Å². The Morgan fingerprint density at radius 1 is 1.28 bits per heavy atom. The van der Waals surface area contributed by atoms with Crippen LogP contribution >= 0.6 is 11.9 Å². The summed E-state index contributed by atoms with van der Waals surface area (Å²) >= 11 is 1.52. The zero-order valence-electron chi connectivity index (χ0n) is 23.7. The van der Waals surface area contributed by atoms with Gasteiger partial charge in [-0.15, -0.1) is 0 Å². The van der Waals surface area contributed by atoms with Crippen LogP contribution in [-0.4, -0.2) is 58.5 Å². The number of hydrogen-bond acceptors (Lipinski definition) is 10.